The highest BCUT2D eigenvalue weighted by atomic mass is 32.1. The molecule has 9 heteroatoms. The molecule has 2 saturated heterocycles. The zero-order valence-electron chi connectivity index (χ0n) is 19.6. The molecule has 2 aromatic heterocycles. The van der Waals surface area contributed by atoms with Crippen molar-refractivity contribution >= 4 is 34.1 Å². The number of likely N-dealkylation sites (tertiary alicyclic amines) is 1. The lowest BCUT2D eigenvalue weighted by Crippen LogP contribution is -2.64. The summed E-state index contributed by atoms with van der Waals surface area (Å²) in [5.41, 5.74) is 3.31. The second kappa shape index (κ2) is 9.22. The zero-order chi connectivity index (χ0) is 24.6. The highest BCUT2D eigenvalue weighted by Gasteiger charge is 2.37. The Labute approximate surface area is 212 Å². The number of benzene rings is 2. The smallest absolute Gasteiger partial charge is 0.282 e. The van der Waals surface area contributed by atoms with Crippen LogP contribution in [0.3, 0.4) is 0 Å². The molecule has 0 aliphatic carbocycles. The topological polar surface area (TPSA) is 85.5 Å². The molecule has 0 bridgehead atoms. The summed E-state index contributed by atoms with van der Waals surface area (Å²) in [6, 6.07) is 17.8. The van der Waals surface area contributed by atoms with Crippen molar-refractivity contribution in [2.75, 3.05) is 39.3 Å². The molecule has 0 unspecified atom stereocenters. The first kappa shape index (κ1) is 22.5. The molecule has 180 valence electrons. The van der Waals surface area contributed by atoms with Crippen molar-refractivity contribution in [3.63, 3.8) is 0 Å². The maximum absolute atomic E-state index is 13.1. The molecular weight excluding hydrogens is 472 g/mol. The maximum Gasteiger partial charge on any atom is 0.282 e. The van der Waals surface area contributed by atoms with Gasteiger partial charge in [-0.05, 0) is 48.5 Å². The highest BCUT2D eigenvalue weighted by molar-refractivity contribution is 7.11. The average Bonchev–Trinajstić information content (AvgIpc) is 3.58. The molecule has 4 aromatic rings. The van der Waals surface area contributed by atoms with Crippen LogP contribution in [0.1, 0.15) is 25.7 Å². The van der Waals surface area contributed by atoms with Crippen LogP contribution in [0.15, 0.2) is 66.3 Å². The Kier molecular flexibility index (Phi) is 5.76. The number of carbonyl (C=O) groups excluding carboxylic acids is 2. The zero-order valence-corrected chi connectivity index (χ0v) is 20.4. The minimum Gasteiger partial charge on any atom is -0.335 e. The third kappa shape index (κ3) is 4.04. The molecule has 2 aliphatic heterocycles. The van der Waals surface area contributed by atoms with E-state index in [4.69, 9.17) is 5.26 Å². The second-order valence-electron chi connectivity index (χ2n) is 9.15. The van der Waals surface area contributed by atoms with E-state index in [1.54, 1.807) is 18.3 Å². The van der Waals surface area contributed by atoms with Crippen molar-refractivity contribution in [2.24, 2.45) is 0 Å². The van der Waals surface area contributed by atoms with E-state index >= 15 is 0 Å². The van der Waals surface area contributed by atoms with E-state index in [0.29, 0.717) is 48.4 Å². The van der Waals surface area contributed by atoms with Crippen molar-refractivity contribution in [2.45, 2.75) is 6.04 Å². The van der Waals surface area contributed by atoms with E-state index in [0.717, 1.165) is 29.7 Å². The van der Waals surface area contributed by atoms with Crippen molar-refractivity contribution in [1.29, 1.82) is 5.26 Å². The van der Waals surface area contributed by atoms with Crippen molar-refractivity contribution in [3.05, 3.63) is 82.4 Å². The van der Waals surface area contributed by atoms with Crippen molar-refractivity contribution in [1.82, 2.24) is 24.3 Å². The van der Waals surface area contributed by atoms with Gasteiger partial charge in [0.2, 0.25) is 0 Å². The third-order valence-electron chi connectivity index (χ3n) is 7.09. The summed E-state index contributed by atoms with van der Waals surface area (Å²) >= 11 is 1.38. The summed E-state index contributed by atoms with van der Waals surface area (Å²) in [4.78, 5) is 35.9. The molecule has 0 radical (unpaired) electrons. The van der Waals surface area contributed by atoms with Crippen LogP contribution in [0.25, 0.3) is 16.6 Å². The van der Waals surface area contributed by atoms with Crippen LogP contribution in [-0.2, 0) is 0 Å². The van der Waals surface area contributed by atoms with Crippen LogP contribution >= 0.6 is 11.3 Å². The van der Waals surface area contributed by atoms with Gasteiger partial charge in [0, 0.05) is 79.7 Å². The van der Waals surface area contributed by atoms with Gasteiger partial charge >= 0.3 is 0 Å². The average molecular weight is 497 g/mol. The van der Waals surface area contributed by atoms with Crippen LogP contribution in [0, 0.1) is 11.3 Å². The SMILES string of the molecule is N#Cc1ccc(-n2ccc3cc(C(=O)N4CC(N5CCN(C(=O)c6nccs6)CC5)C4)ccc32)cc1. The lowest BCUT2D eigenvalue weighted by molar-refractivity contribution is 0.00854. The van der Waals surface area contributed by atoms with E-state index in [1.165, 1.54) is 11.3 Å². The minimum absolute atomic E-state index is 0.0125. The molecule has 0 atom stereocenters. The Morgan fingerprint density at radius 3 is 2.42 bits per heavy atom. The first-order valence-corrected chi connectivity index (χ1v) is 12.8. The van der Waals surface area contributed by atoms with E-state index in [-0.39, 0.29) is 11.8 Å². The van der Waals surface area contributed by atoms with E-state index in [2.05, 4.69) is 20.5 Å². The monoisotopic (exact) mass is 496 g/mol. The fourth-order valence-electron chi connectivity index (χ4n) is 4.99. The Hall–Kier alpha value is -4.00. The van der Waals surface area contributed by atoms with Gasteiger partial charge in [-0.2, -0.15) is 5.26 Å². The molecule has 2 fully saturated rings. The molecule has 36 heavy (non-hydrogen) atoms. The number of rotatable bonds is 4. The van der Waals surface area contributed by atoms with Crippen LogP contribution in [0.2, 0.25) is 0 Å². The van der Waals surface area contributed by atoms with Gasteiger partial charge in [0.1, 0.15) is 0 Å². The number of nitrogens with zero attached hydrogens (tertiary/aromatic N) is 6. The van der Waals surface area contributed by atoms with Crippen molar-refractivity contribution in [3.8, 4) is 11.8 Å². The Balaban J connectivity index is 1.06. The molecule has 6 rings (SSSR count). The van der Waals surface area contributed by atoms with Crippen LogP contribution < -0.4 is 0 Å². The summed E-state index contributed by atoms with van der Waals surface area (Å²) in [6.07, 6.45) is 3.65. The molecule has 2 amide bonds. The number of carbonyl (C=O) groups is 2. The Morgan fingerprint density at radius 1 is 0.944 bits per heavy atom. The normalized spacial score (nSPS) is 16.6. The number of aromatic nitrogens is 2. The largest absolute Gasteiger partial charge is 0.335 e. The fraction of sp³-hybridized carbons (Fsp3) is 0.259. The van der Waals surface area contributed by atoms with E-state index in [9.17, 15) is 9.59 Å². The number of hydrogen-bond donors (Lipinski definition) is 0. The van der Waals surface area contributed by atoms with E-state index < -0.39 is 0 Å². The predicted molar refractivity (Wildman–Crippen MR) is 137 cm³/mol. The maximum atomic E-state index is 13.1. The fourth-order valence-corrected chi connectivity index (χ4v) is 5.59. The number of thiazole rings is 1. The van der Waals surface area contributed by atoms with Crippen LogP contribution in [0.5, 0.6) is 0 Å². The lowest BCUT2D eigenvalue weighted by atomic mass is 10.0. The summed E-state index contributed by atoms with van der Waals surface area (Å²) in [5.74, 6) is 0.0651. The van der Waals surface area contributed by atoms with Crippen molar-refractivity contribution < 1.29 is 9.59 Å². The quantitative estimate of drug-likeness (QED) is 0.433. The molecule has 2 aromatic carbocycles. The molecule has 0 spiro atoms. The van der Waals surface area contributed by atoms with Gasteiger partial charge in [-0.1, -0.05) is 0 Å². The Morgan fingerprint density at radius 2 is 1.72 bits per heavy atom. The summed E-state index contributed by atoms with van der Waals surface area (Å²) in [5, 5.41) is 12.4. The van der Waals surface area contributed by atoms with Gasteiger partial charge < -0.3 is 14.4 Å². The Bertz CT molecular complexity index is 1460. The standard InChI is InChI=1S/C27H24N6O2S/c28-16-19-1-4-22(5-2-19)33-9-7-20-15-21(3-6-24(20)33)26(34)32-17-23(18-32)30-10-12-31(13-11-30)27(35)25-29-8-14-36-25/h1-9,14-15,23H,10-13,17-18H2. The first-order valence-electron chi connectivity index (χ1n) is 11.9. The number of amides is 2. The molecule has 0 saturated carbocycles. The van der Waals surface area contributed by atoms with Gasteiger partial charge in [-0.3, -0.25) is 14.5 Å². The molecule has 4 heterocycles. The lowest BCUT2D eigenvalue weighted by Gasteiger charge is -2.48. The summed E-state index contributed by atoms with van der Waals surface area (Å²) in [7, 11) is 0. The molecule has 8 nitrogen and oxygen atoms in total. The minimum atomic E-state index is 0.0125. The number of fused-ring (bicyclic) bond motifs is 1. The summed E-state index contributed by atoms with van der Waals surface area (Å²) in [6.45, 7) is 4.44. The molecule has 2 aliphatic rings. The summed E-state index contributed by atoms with van der Waals surface area (Å²) < 4.78 is 2.06. The van der Waals surface area contributed by atoms with Crippen LogP contribution in [0.4, 0.5) is 0 Å². The number of piperazine rings is 1. The van der Waals surface area contributed by atoms with Gasteiger partial charge in [0.25, 0.3) is 11.8 Å². The predicted octanol–water partition coefficient (Wildman–Crippen LogP) is 3.24. The van der Waals surface area contributed by atoms with Gasteiger partial charge in [-0.25, -0.2) is 4.98 Å². The van der Waals surface area contributed by atoms with E-state index in [1.807, 2.05) is 57.8 Å². The molecule has 0 N–H and O–H groups in total. The second-order valence-corrected chi connectivity index (χ2v) is 10.0. The van der Waals surface area contributed by atoms with Gasteiger partial charge in [0.15, 0.2) is 5.01 Å². The highest BCUT2D eigenvalue weighted by Crippen LogP contribution is 2.25. The van der Waals surface area contributed by atoms with Gasteiger partial charge in [-0.15, -0.1) is 11.3 Å². The number of nitriles is 1. The molecular formula is C27H24N6O2S. The first-order chi connectivity index (χ1) is 17.6. The number of hydrogen-bond acceptors (Lipinski definition) is 6. The van der Waals surface area contributed by atoms with Gasteiger partial charge in [0.05, 0.1) is 17.1 Å². The van der Waals surface area contributed by atoms with Crippen LogP contribution in [-0.4, -0.2) is 81.4 Å². The third-order valence-corrected chi connectivity index (χ3v) is 7.86.